The van der Waals surface area contributed by atoms with E-state index >= 15 is 0 Å². The Morgan fingerprint density at radius 1 is 1.20 bits per heavy atom. The molecule has 0 unspecified atom stereocenters. The molecule has 0 aliphatic heterocycles. The van der Waals surface area contributed by atoms with Gasteiger partial charge in [-0.05, 0) is 30.7 Å². The summed E-state index contributed by atoms with van der Waals surface area (Å²) in [6.45, 7) is 2.15. The van der Waals surface area contributed by atoms with Crippen LogP contribution in [0.5, 0.6) is 11.5 Å². The van der Waals surface area contributed by atoms with Gasteiger partial charge in [0.05, 0.1) is 20.8 Å². The van der Waals surface area contributed by atoms with Crippen LogP contribution in [0.3, 0.4) is 0 Å². The molecule has 0 aliphatic carbocycles. The SMILES string of the molecule is CCOc1cc(C=C(C(=O)OC)C(=O)OC)ccc1O. The molecule has 108 valence electrons. The van der Waals surface area contributed by atoms with Crippen LogP contribution in [-0.4, -0.2) is 37.9 Å². The molecule has 6 nitrogen and oxygen atoms in total. The van der Waals surface area contributed by atoms with Crippen molar-refractivity contribution >= 4 is 18.0 Å². The fourth-order valence-corrected chi connectivity index (χ4v) is 1.48. The van der Waals surface area contributed by atoms with Crippen LogP contribution in [0.2, 0.25) is 0 Å². The maximum Gasteiger partial charge on any atom is 0.345 e. The third-order valence-electron chi connectivity index (χ3n) is 2.41. The monoisotopic (exact) mass is 280 g/mol. The molecule has 1 aromatic rings. The second-order valence-electron chi connectivity index (χ2n) is 3.70. The van der Waals surface area contributed by atoms with E-state index in [1.54, 1.807) is 6.92 Å². The second kappa shape index (κ2) is 7.18. The number of benzene rings is 1. The van der Waals surface area contributed by atoms with Gasteiger partial charge in [-0.3, -0.25) is 0 Å². The van der Waals surface area contributed by atoms with Gasteiger partial charge in [-0.1, -0.05) is 6.07 Å². The fourth-order valence-electron chi connectivity index (χ4n) is 1.48. The summed E-state index contributed by atoms with van der Waals surface area (Å²) in [6.07, 6.45) is 1.31. The van der Waals surface area contributed by atoms with Crippen LogP contribution in [0.25, 0.3) is 6.08 Å². The number of esters is 2. The molecular weight excluding hydrogens is 264 g/mol. The van der Waals surface area contributed by atoms with E-state index in [0.29, 0.717) is 12.2 Å². The summed E-state index contributed by atoms with van der Waals surface area (Å²) < 4.78 is 14.3. The first-order chi connectivity index (χ1) is 9.53. The van der Waals surface area contributed by atoms with Crippen LogP contribution >= 0.6 is 0 Å². The molecule has 0 saturated carbocycles. The van der Waals surface area contributed by atoms with Crippen molar-refractivity contribution in [2.45, 2.75) is 6.92 Å². The predicted molar refractivity (Wildman–Crippen MR) is 71.3 cm³/mol. The van der Waals surface area contributed by atoms with Crippen molar-refractivity contribution in [1.82, 2.24) is 0 Å². The molecule has 1 rings (SSSR count). The lowest BCUT2D eigenvalue weighted by Crippen LogP contribution is -2.15. The molecule has 6 heteroatoms. The zero-order chi connectivity index (χ0) is 15.1. The van der Waals surface area contributed by atoms with Crippen LogP contribution in [0, 0.1) is 0 Å². The number of methoxy groups -OCH3 is 2. The molecule has 0 fully saturated rings. The molecule has 1 aromatic carbocycles. The molecule has 0 atom stereocenters. The summed E-state index contributed by atoms with van der Waals surface area (Å²) in [4.78, 5) is 23.0. The number of hydrogen-bond acceptors (Lipinski definition) is 6. The molecule has 0 heterocycles. The molecule has 1 N–H and O–H groups in total. The summed E-state index contributed by atoms with van der Waals surface area (Å²) in [5.41, 5.74) is 0.250. The lowest BCUT2D eigenvalue weighted by molar-refractivity contribution is -0.143. The highest BCUT2D eigenvalue weighted by Gasteiger charge is 2.19. The molecule has 0 amide bonds. The minimum Gasteiger partial charge on any atom is -0.504 e. The van der Waals surface area contributed by atoms with Gasteiger partial charge in [0.2, 0.25) is 0 Å². The van der Waals surface area contributed by atoms with Crippen LogP contribution < -0.4 is 4.74 Å². The molecule has 0 spiro atoms. The predicted octanol–water partition coefficient (Wildman–Crippen LogP) is 1.52. The van der Waals surface area contributed by atoms with Crippen LogP contribution in [-0.2, 0) is 19.1 Å². The van der Waals surface area contributed by atoms with E-state index in [1.165, 1.54) is 38.5 Å². The maximum atomic E-state index is 11.5. The number of ether oxygens (including phenoxy) is 3. The third-order valence-corrected chi connectivity index (χ3v) is 2.41. The molecule has 0 radical (unpaired) electrons. The lowest BCUT2D eigenvalue weighted by atomic mass is 10.1. The number of rotatable bonds is 5. The number of phenols is 1. The first-order valence-electron chi connectivity index (χ1n) is 5.87. The van der Waals surface area contributed by atoms with Gasteiger partial charge in [0.25, 0.3) is 0 Å². The number of carbonyl (C=O) groups excluding carboxylic acids is 2. The summed E-state index contributed by atoms with van der Waals surface area (Å²) in [5.74, 6) is -1.37. The van der Waals surface area contributed by atoms with Gasteiger partial charge in [0, 0.05) is 0 Å². The van der Waals surface area contributed by atoms with Crippen molar-refractivity contribution in [1.29, 1.82) is 0 Å². The molecule has 0 bridgehead atoms. The highest BCUT2D eigenvalue weighted by molar-refractivity contribution is 6.17. The van der Waals surface area contributed by atoms with E-state index in [0.717, 1.165) is 0 Å². The van der Waals surface area contributed by atoms with E-state index in [1.807, 2.05) is 0 Å². The number of aromatic hydroxyl groups is 1. The Kier molecular flexibility index (Phi) is 5.58. The van der Waals surface area contributed by atoms with Gasteiger partial charge in [0.1, 0.15) is 5.57 Å². The van der Waals surface area contributed by atoms with Crippen molar-refractivity contribution in [3.8, 4) is 11.5 Å². The zero-order valence-electron chi connectivity index (χ0n) is 11.5. The Balaban J connectivity index is 3.20. The van der Waals surface area contributed by atoms with Crippen LogP contribution in [0.1, 0.15) is 12.5 Å². The van der Waals surface area contributed by atoms with Crippen molar-refractivity contribution in [3.05, 3.63) is 29.3 Å². The Morgan fingerprint density at radius 2 is 1.80 bits per heavy atom. The minimum absolute atomic E-state index is 0.0262. The number of phenolic OH excluding ortho intramolecular Hbond substituents is 1. The smallest absolute Gasteiger partial charge is 0.345 e. The van der Waals surface area contributed by atoms with Crippen molar-refractivity contribution < 1.29 is 28.9 Å². The van der Waals surface area contributed by atoms with Crippen molar-refractivity contribution in [2.24, 2.45) is 0 Å². The average Bonchev–Trinajstić information content (AvgIpc) is 2.46. The first-order valence-corrected chi connectivity index (χ1v) is 5.87. The normalized spacial score (nSPS) is 9.55. The number of hydrogen-bond donors (Lipinski definition) is 1. The molecule has 0 aliphatic rings. The summed E-state index contributed by atoms with van der Waals surface area (Å²) in [5, 5.41) is 9.58. The molecule has 0 saturated heterocycles. The highest BCUT2D eigenvalue weighted by Crippen LogP contribution is 2.27. The van der Waals surface area contributed by atoms with Gasteiger partial charge in [-0.2, -0.15) is 0 Å². The average molecular weight is 280 g/mol. The standard InChI is InChI=1S/C14H16O6/c1-4-20-12-8-9(5-6-11(12)15)7-10(13(16)18-2)14(17)19-3/h5-8,15H,4H2,1-3H3. The molecular formula is C14H16O6. The van der Waals surface area contributed by atoms with Gasteiger partial charge in [0.15, 0.2) is 11.5 Å². The summed E-state index contributed by atoms with van der Waals surface area (Å²) in [7, 11) is 2.34. The van der Waals surface area contributed by atoms with Gasteiger partial charge in [-0.15, -0.1) is 0 Å². The van der Waals surface area contributed by atoms with Gasteiger partial charge >= 0.3 is 11.9 Å². The van der Waals surface area contributed by atoms with Gasteiger partial charge in [-0.25, -0.2) is 9.59 Å². The van der Waals surface area contributed by atoms with E-state index in [9.17, 15) is 14.7 Å². The Morgan fingerprint density at radius 3 is 2.30 bits per heavy atom. The first kappa shape index (κ1) is 15.6. The number of carbonyl (C=O) groups is 2. The largest absolute Gasteiger partial charge is 0.504 e. The Hall–Kier alpha value is -2.50. The van der Waals surface area contributed by atoms with E-state index in [2.05, 4.69) is 9.47 Å². The lowest BCUT2D eigenvalue weighted by Gasteiger charge is -2.07. The minimum atomic E-state index is -0.803. The maximum absolute atomic E-state index is 11.5. The zero-order valence-corrected chi connectivity index (χ0v) is 11.5. The van der Waals surface area contributed by atoms with Crippen molar-refractivity contribution in [3.63, 3.8) is 0 Å². The molecule has 20 heavy (non-hydrogen) atoms. The topological polar surface area (TPSA) is 82.1 Å². The van der Waals surface area contributed by atoms with E-state index in [4.69, 9.17) is 4.74 Å². The summed E-state index contributed by atoms with van der Waals surface area (Å²) >= 11 is 0. The van der Waals surface area contributed by atoms with Gasteiger partial charge < -0.3 is 19.3 Å². The molecule has 0 aromatic heterocycles. The highest BCUT2D eigenvalue weighted by atomic mass is 16.5. The fraction of sp³-hybridized carbons (Fsp3) is 0.286. The Bertz CT molecular complexity index is 514. The van der Waals surface area contributed by atoms with E-state index < -0.39 is 11.9 Å². The van der Waals surface area contributed by atoms with Crippen molar-refractivity contribution in [2.75, 3.05) is 20.8 Å². The van der Waals surface area contributed by atoms with Crippen LogP contribution in [0.15, 0.2) is 23.8 Å². The third kappa shape index (κ3) is 3.74. The van der Waals surface area contributed by atoms with Crippen LogP contribution in [0.4, 0.5) is 0 Å². The Labute approximate surface area is 116 Å². The van der Waals surface area contributed by atoms with E-state index in [-0.39, 0.29) is 17.1 Å². The second-order valence-corrected chi connectivity index (χ2v) is 3.70. The quantitative estimate of drug-likeness (QED) is 0.381. The summed E-state index contributed by atoms with van der Waals surface area (Å²) in [6, 6.07) is 4.44.